The zero-order valence-corrected chi connectivity index (χ0v) is 15.3. The number of nitrogens with one attached hydrogen (secondary N) is 1. The lowest BCUT2D eigenvalue weighted by Gasteiger charge is -2.46. The molecule has 3 heterocycles. The number of carbonyl (C=O) groups is 1. The highest BCUT2D eigenvalue weighted by molar-refractivity contribution is 5.92. The van der Waals surface area contributed by atoms with Gasteiger partial charge in [0, 0.05) is 23.3 Å². The molecule has 7 heteroatoms. The number of hydrogen-bond acceptors (Lipinski definition) is 4. The molecule has 2 N–H and O–H groups in total. The number of halogens is 1. The molecule has 0 unspecified atom stereocenters. The van der Waals surface area contributed by atoms with Crippen LogP contribution in [-0.2, 0) is 11.2 Å². The monoisotopic (exact) mass is 380 g/mol. The normalized spacial score (nSPS) is 26.6. The van der Waals surface area contributed by atoms with Gasteiger partial charge in [0.25, 0.3) is 0 Å². The Bertz CT molecular complexity index is 1040. The van der Waals surface area contributed by atoms with E-state index in [1.807, 2.05) is 0 Å². The Balaban J connectivity index is 1.47. The number of aromatic nitrogens is 4. The van der Waals surface area contributed by atoms with E-state index in [0.717, 1.165) is 36.9 Å². The summed E-state index contributed by atoms with van der Waals surface area (Å²) in [5.41, 5.74) is 2.78. The molecule has 0 spiro atoms. The molecule has 28 heavy (non-hydrogen) atoms. The number of carboxylic acids is 1. The summed E-state index contributed by atoms with van der Waals surface area (Å²) >= 11 is 0. The minimum Gasteiger partial charge on any atom is -0.481 e. The summed E-state index contributed by atoms with van der Waals surface area (Å²) in [6, 6.07) is 1.43. The summed E-state index contributed by atoms with van der Waals surface area (Å²) in [4.78, 5) is 28.1. The topological polar surface area (TPSA) is 91.8 Å². The fraction of sp³-hybridized carbons (Fsp3) is 0.429. The van der Waals surface area contributed by atoms with Crippen LogP contribution in [0.5, 0.6) is 0 Å². The minimum atomic E-state index is -0.679. The van der Waals surface area contributed by atoms with Gasteiger partial charge in [0.2, 0.25) is 0 Å². The highest BCUT2D eigenvalue weighted by atomic mass is 19.1. The zero-order valence-electron chi connectivity index (χ0n) is 15.3. The Morgan fingerprint density at radius 3 is 2.75 bits per heavy atom. The van der Waals surface area contributed by atoms with Crippen LogP contribution in [0.15, 0.2) is 30.9 Å². The molecule has 0 aromatic carbocycles. The van der Waals surface area contributed by atoms with E-state index in [2.05, 4.69) is 15.0 Å². The molecule has 6 rings (SSSR count). The van der Waals surface area contributed by atoms with Gasteiger partial charge in [0.05, 0.1) is 29.7 Å². The molecule has 2 bridgehead atoms. The van der Waals surface area contributed by atoms with E-state index in [9.17, 15) is 14.3 Å². The number of pyridine rings is 1. The van der Waals surface area contributed by atoms with E-state index < -0.39 is 11.8 Å². The van der Waals surface area contributed by atoms with Crippen molar-refractivity contribution < 1.29 is 14.3 Å². The van der Waals surface area contributed by atoms with Gasteiger partial charge in [-0.25, -0.2) is 14.4 Å². The molecule has 3 saturated carbocycles. The van der Waals surface area contributed by atoms with Gasteiger partial charge in [-0.2, -0.15) is 0 Å². The van der Waals surface area contributed by atoms with Crippen molar-refractivity contribution in [2.75, 3.05) is 0 Å². The lowest BCUT2D eigenvalue weighted by molar-refractivity contribution is -0.152. The average Bonchev–Trinajstić information content (AvgIpc) is 3.12. The van der Waals surface area contributed by atoms with E-state index in [1.54, 1.807) is 18.6 Å². The first-order valence-electron chi connectivity index (χ1n) is 9.77. The number of carboxylic acid groups (broad SMARTS) is 1. The van der Waals surface area contributed by atoms with Gasteiger partial charge in [-0.1, -0.05) is 0 Å². The second kappa shape index (κ2) is 6.65. The lowest BCUT2D eigenvalue weighted by Crippen LogP contribution is -2.45. The molecule has 3 fully saturated rings. The maximum Gasteiger partial charge on any atom is 0.307 e. The smallest absolute Gasteiger partial charge is 0.307 e. The highest BCUT2D eigenvalue weighted by Crippen LogP contribution is 2.50. The molecule has 0 saturated heterocycles. The lowest BCUT2D eigenvalue weighted by atomic mass is 9.57. The fourth-order valence-corrected chi connectivity index (χ4v) is 5.32. The van der Waals surface area contributed by atoms with Gasteiger partial charge in [0.1, 0.15) is 11.5 Å². The van der Waals surface area contributed by atoms with Crippen LogP contribution < -0.4 is 0 Å². The first-order valence-corrected chi connectivity index (χ1v) is 9.77. The quantitative estimate of drug-likeness (QED) is 0.717. The predicted octanol–water partition coefficient (Wildman–Crippen LogP) is 3.84. The minimum absolute atomic E-state index is 0.108. The van der Waals surface area contributed by atoms with Crippen molar-refractivity contribution in [1.29, 1.82) is 0 Å². The molecule has 0 aliphatic heterocycles. The predicted molar refractivity (Wildman–Crippen MR) is 101 cm³/mol. The Morgan fingerprint density at radius 1 is 1.18 bits per heavy atom. The van der Waals surface area contributed by atoms with Gasteiger partial charge in [-0.05, 0) is 55.9 Å². The van der Waals surface area contributed by atoms with E-state index in [4.69, 9.17) is 4.98 Å². The van der Waals surface area contributed by atoms with Gasteiger partial charge < -0.3 is 10.1 Å². The summed E-state index contributed by atoms with van der Waals surface area (Å²) in [5.74, 6) is -0.531. The SMILES string of the molecule is O=C(O)[C@@H]1C2CCC(CC2)[C@H]1Cc1cncc(-c2c[nH]c3ncc(F)cc23)n1. The molecule has 3 aromatic rings. The maximum absolute atomic E-state index is 13.6. The molecule has 0 radical (unpaired) electrons. The van der Waals surface area contributed by atoms with E-state index in [-0.39, 0.29) is 17.8 Å². The molecular weight excluding hydrogens is 359 g/mol. The van der Waals surface area contributed by atoms with Gasteiger partial charge in [-0.3, -0.25) is 9.78 Å². The van der Waals surface area contributed by atoms with Crippen molar-refractivity contribution in [3.63, 3.8) is 0 Å². The van der Waals surface area contributed by atoms with Crippen molar-refractivity contribution in [2.24, 2.45) is 23.7 Å². The number of rotatable bonds is 4. The van der Waals surface area contributed by atoms with Gasteiger partial charge >= 0.3 is 5.97 Å². The summed E-state index contributed by atoms with van der Waals surface area (Å²) < 4.78 is 13.6. The summed E-state index contributed by atoms with van der Waals surface area (Å²) in [6.07, 6.45) is 11.2. The van der Waals surface area contributed by atoms with Crippen LogP contribution in [0.1, 0.15) is 31.4 Å². The fourth-order valence-electron chi connectivity index (χ4n) is 5.32. The van der Waals surface area contributed by atoms with Crippen LogP contribution in [0.2, 0.25) is 0 Å². The number of hydrogen-bond donors (Lipinski definition) is 2. The molecule has 3 aliphatic rings. The standard InChI is InChI=1S/C21H21FN4O2/c22-13-5-16-17(9-25-20(16)24-7-13)18-10-23-8-14(26-18)6-15-11-1-3-12(4-2-11)19(15)21(27)28/h5,7-12,15,19H,1-4,6H2,(H,24,25)(H,27,28)/t11?,12?,15-,19-/m1/s1. The first kappa shape index (κ1) is 17.3. The van der Waals surface area contributed by atoms with Crippen molar-refractivity contribution in [1.82, 2.24) is 19.9 Å². The number of aliphatic carboxylic acids is 1. The third-order valence-electron chi connectivity index (χ3n) is 6.58. The number of H-pyrrole nitrogens is 1. The van der Waals surface area contributed by atoms with Crippen LogP contribution in [0, 0.1) is 29.5 Å². The Morgan fingerprint density at radius 2 is 1.96 bits per heavy atom. The van der Waals surface area contributed by atoms with Crippen LogP contribution in [-0.4, -0.2) is 31.0 Å². The highest BCUT2D eigenvalue weighted by Gasteiger charge is 2.47. The molecule has 3 aromatic heterocycles. The van der Waals surface area contributed by atoms with E-state index in [0.29, 0.717) is 29.1 Å². The van der Waals surface area contributed by atoms with Crippen LogP contribution in [0.3, 0.4) is 0 Å². The Labute approximate surface area is 161 Å². The Hall–Kier alpha value is -2.83. The van der Waals surface area contributed by atoms with Crippen molar-refractivity contribution in [2.45, 2.75) is 32.1 Å². The molecular formula is C21H21FN4O2. The molecule has 144 valence electrons. The summed E-state index contributed by atoms with van der Waals surface area (Å²) in [7, 11) is 0. The van der Waals surface area contributed by atoms with Crippen LogP contribution in [0.4, 0.5) is 4.39 Å². The second-order valence-corrected chi connectivity index (χ2v) is 8.05. The van der Waals surface area contributed by atoms with Crippen molar-refractivity contribution in [3.05, 3.63) is 42.4 Å². The average molecular weight is 380 g/mol. The molecule has 6 nitrogen and oxygen atoms in total. The zero-order chi connectivity index (χ0) is 19.3. The number of nitrogens with zero attached hydrogens (tertiary/aromatic N) is 3. The third-order valence-corrected chi connectivity index (χ3v) is 6.58. The largest absolute Gasteiger partial charge is 0.481 e. The molecule has 0 amide bonds. The van der Waals surface area contributed by atoms with E-state index >= 15 is 0 Å². The summed E-state index contributed by atoms with van der Waals surface area (Å²) in [5, 5.41) is 10.4. The van der Waals surface area contributed by atoms with Crippen LogP contribution >= 0.6 is 0 Å². The third kappa shape index (κ3) is 2.85. The van der Waals surface area contributed by atoms with Crippen LogP contribution in [0.25, 0.3) is 22.3 Å². The van der Waals surface area contributed by atoms with Gasteiger partial charge in [0.15, 0.2) is 0 Å². The van der Waals surface area contributed by atoms with E-state index in [1.165, 1.54) is 12.3 Å². The first-order chi connectivity index (χ1) is 13.6. The van der Waals surface area contributed by atoms with Gasteiger partial charge in [-0.15, -0.1) is 0 Å². The summed E-state index contributed by atoms with van der Waals surface area (Å²) in [6.45, 7) is 0. The number of fused-ring (bicyclic) bond motifs is 4. The Kier molecular flexibility index (Phi) is 4.10. The molecule has 2 atom stereocenters. The van der Waals surface area contributed by atoms with Crippen molar-refractivity contribution in [3.8, 4) is 11.3 Å². The second-order valence-electron chi connectivity index (χ2n) is 8.05. The maximum atomic E-state index is 13.6. The molecule has 3 aliphatic carbocycles. The number of aromatic amines is 1. The van der Waals surface area contributed by atoms with Crippen molar-refractivity contribution >= 4 is 17.0 Å².